The summed E-state index contributed by atoms with van der Waals surface area (Å²) in [6.07, 6.45) is 1.46. The van der Waals surface area contributed by atoms with E-state index in [1.807, 2.05) is 0 Å². The van der Waals surface area contributed by atoms with E-state index in [-0.39, 0.29) is 49.5 Å². The average molecular weight is 550 g/mol. The lowest BCUT2D eigenvalue weighted by atomic mass is 9.91. The van der Waals surface area contributed by atoms with E-state index < -0.39 is 63.7 Å². The monoisotopic (exact) mass is 550 g/mol. The van der Waals surface area contributed by atoms with Gasteiger partial charge in [-0.2, -0.15) is 8.78 Å². The molecule has 3 aromatic carbocycles. The maximum atomic E-state index is 14.8. The van der Waals surface area contributed by atoms with Crippen molar-refractivity contribution in [3.63, 3.8) is 0 Å². The standard InChI is InChI=1S/C29H24F6O4/c1-3-37-21-13-11-17(23(30)27(21)34)15-5-7-16(8-6-15)39-29(36)20-10-9-18(24(31)26(20)33)19-12-14-22(38-4-2)28(35)25(19)32/h5,9-14,16H,3-4,6-8H2,1-2H3. The quantitative estimate of drug-likeness (QED) is 0.212. The van der Waals surface area contributed by atoms with Gasteiger partial charge in [0.2, 0.25) is 11.6 Å². The van der Waals surface area contributed by atoms with Crippen LogP contribution in [0.15, 0.2) is 42.5 Å². The maximum Gasteiger partial charge on any atom is 0.341 e. The Morgan fingerprint density at radius 3 is 1.77 bits per heavy atom. The van der Waals surface area contributed by atoms with Gasteiger partial charge in [0.05, 0.1) is 18.8 Å². The number of ether oxygens (including phenoxy) is 3. The van der Waals surface area contributed by atoms with E-state index in [1.165, 1.54) is 12.1 Å². The maximum absolute atomic E-state index is 14.8. The molecule has 1 aliphatic carbocycles. The zero-order valence-corrected chi connectivity index (χ0v) is 21.1. The molecule has 206 valence electrons. The molecule has 0 saturated carbocycles. The van der Waals surface area contributed by atoms with Crippen molar-refractivity contribution in [2.24, 2.45) is 0 Å². The molecule has 10 heteroatoms. The third kappa shape index (κ3) is 5.60. The molecule has 0 N–H and O–H groups in total. The van der Waals surface area contributed by atoms with Crippen LogP contribution in [0.25, 0.3) is 16.7 Å². The number of carbonyl (C=O) groups excluding carboxylic acids is 1. The minimum absolute atomic E-state index is 0.0578. The van der Waals surface area contributed by atoms with Gasteiger partial charge in [0, 0.05) is 23.1 Å². The normalized spacial score (nSPS) is 15.1. The van der Waals surface area contributed by atoms with Gasteiger partial charge in [0.15, 0.2) is 34.8 Å². The van der Waals surface area contributed by atoms with Gasteiger partial charge in [-0.05, 0) is 62.6 Å². The molecule has 39 heavy (non-hydrogen) atoms. The Hall–Kier alpha value is -3.95. The van der Waals surface area contributed by atoms with Gasteiger partial charge in [0.1, 0.15) is 6.10 Å². The zero-order chi connectivity index (χ0) is 28.3. The van der Waals surface area contributed by atoms with Gasteiger partial charge < -0.3 is 14.2 Å². The van der Waals surface area contributed by atoms with Crippen LogP contribution in [0, 0.1) is 34.9 Å². The highest BCUT2D eigenvalue weighted by Gasteiger charge is 2.27. The summed E-state index contributed by atoms with van der Waals surface area (Å²) in [6.45, 7) is 3.47. The highest BCUT2D eigenvalue weighted by atomic mass is 19.2. The Kier molecular flexibility index (Phi) is 8.52. The molecule has 0 fully saturated rings. The molecular weight excluding hydrogens is 526 g/mol. The number of halogens is 6. The Bertz CT molecular complexity index is 1440. The van der Waals surface area contributed by atoms with E-state index in [9.17, 15) is 31.1 Å². The number of hydrogen-bond donors (Lipinski definition) is 0. The number of benzene rings is 3. The number of rotatable bonds is 8. The van der Waals surface area contributed by atoms with Crippen molar-refractivity contribution >= 4 is 11.5 Å². The summed E-state index contributed by atoms with van der Waals surface area (Å²) in [5.41, 5.74) is -1.29. The fourth-order valence-corrected chi connectivity index (χ4v) is 4.35. The van der Waals surface area contributed by atoms with Crippen LogP contribution < -0.4 is 9.47 Å². The zero-order valence-electron chi connectivity index (χ0n) is 21.1. The number of carbonyl (C=O) groups is 1. The highest BCUT2D eigenvalue weighted by Crippen LogP contribution is 2.35. The van der Waals surface area contributed by atoms with Gasteiger partial charge in [-0.3, -0.25) is 0 Å². The van der Waals surface area contributed by atoms with Crippen LogP contribution in [0.2, 0.25) is 0 Å². The lowest BCUT2D eigenvalue weighted by Crippen LogP contribution is -2.21. The first-order valence-corrected chi connectivity index (χ1v) is 12.3. The Morgan fingerprint density at radius 1 is 0.718 bits per heavy atom. The fourth-order valence-electron chi connectivity index (χ4n) is 4.35. The molecule has 4 rings (SSSR count). The van der Waals surface area contributed by atoms with Crippen LogP contribution in [-0.2, 0) is 4.74 Å². The smallest absolute Gasteiger partial charge is 0.341 e. The predicted octanol–water partition coefficient (Wildman–Crippen LogP) is 7.78. The molecular formula is C29H24F6O4. The Morgan fingerprint density at radius 2 is 1.23 bits per heavy atom. The van der Waals surface area contributed by atoms with Crippen LogP contribution in [-0.4, -0.2) is 25.3 Å². The van der Waals surface area contributed by atoms with Crippen molar-refractivity contribution in [3.8, 4) is 22.6 Å². The molecule has 4 nitrogen and oxygen atoms in total. The predicted molar refractivity (Wildman–Crippen MR) is 131 cm³/mol. The van der Waals surface area contributed by atoms with Crippen molar-refractivity contribution in [2.45, 2.75) is 39.2 Å². The van der Waals surface area contributed by atoms with Crippen LogP contribution in [0.5, 0.6) is 11.5 Å². The average Bonchev–Trinajstić information content (AvgIpc) is 2.92. The van der Waals surface area contributed by atoms with Crippen LogP contribution in [0.4, 0.5) is 26.3 Å². The molecule has 3 aromatic rings. The van der Waals surface area contributed by atoms with Gasteiger partial charge in [-0.1, -0.05) is 12.1 Å². The second-order valence-corrected chi connectivity index (χ2v) is 8.66. The highest BCUT2D eigenvalue weighted by molar-refractivity contribution is 5.91. The number of hydrogen-bond acceptors (Lipinski definition) is 4. The molecule has 0 radical (unpaired) electrons. The molecule has 0 amide bonds. The third-order valence-corrected chi connectivity index (χ3v) is 6.27. The van der Waals surface area contributed by atoms with Crippen molar-refractivity contribution < 1.29 is 45.3 Å². The van der Waals surface area contributed by atoms with Crippen molar-refractivity contribution in [2.75, 3.05) is 13.2 Å². The topological polar surface area (TPSA) is 44.8 Å². The first-order valence-electron chi connectivity index (χ1n) is 12.3. The molecule has 1 aliphatic rings. The van der Waals surface area contributed by atoms with Gasteiger partial charge >= 0.3 is 5.97 Å². The van der Waals surface area contributed by atoms with E-state index >= 15 is 0 Å². The second-order valence-electron chi connectivity index (χ2n) is 8.66. The van der Waals surface area contributed by atoms with Crippen LogP contribution in [0.1, 0.15) is 49.0 Å². The van der Waals surface area contributed by atoms with Crippen molar-refractivity contribution in [3.05, 3.63) is 88.5 Å². The summed E-state index contributed by atoms with van der Waals surface area (Å²) >= 11 is 0. The van der Waals surface area contributed by atoms with E-state index in [4.69, 9.17) is 14.2 Å². The molecule has 0 spiro atoms. The summed E-state index contributed by atoms with van der Waals surface area (Å²) in [5.74, 6) is -9.79. The molecule has 0 bridgehead atoms. The molecule has 0 aliphatic heterocycles. The van der Waals surface area contributed by atoms with Crippen molar-refractivity contribution in [1.82, 2.24) is 0 Å². The summed E-state index contributed by atoms with van der Waals surface area (Å²) < 4.78 is 102. The number of allylic oxidation sites excluding steroid dienone is 1. The lowest BCUT2D eigenvalue weighted by molar-refractivity contribution is 0.0279. The van der Waals surface area contributed by atoms with Gasteiger partial charge in [-0.15, -0.1) is 0 Å². The molecule has 0 heterocycles. The molecule has 1 atom stereocenters. The minimum atomic E-state index is -1.58. The summed E-state index contributed by atoms with van der Waals surface area (Å²) in [4.78, 5) is 12.6. The number of esters is 1. The SMILES string of the molecule is CCOc1ccc(C2=CCC(OC(=O)c3ccc(-c4ccc(OCC)c(F)c4F)c(F)c3F)CC2)c(F)c1F. The summed E-state index contributed by atoms with van der Waals surface area (Å²) in [6, 6.07) is 6.75. The van der Waals surface area contributed by atoms with Crippen molar-refractivity contribution in [1.29, 1.82) is 0 Å². The van der Waals surface area contributed by atoms with E-state index in [0.29, 0.717) is 5.57 Å². The summed E-state index contributed by atoms with van der Waals surface area (Å²) in [5, 5.41) is 0. The largest absolute Gasteiger partial charge is 0.491 e. The minimum Gasteiger partial charge on any atom is -0.491 e. The summed E-state index contributed by atoms with van der Waals surface area (Å²) in [7, 11) is 0. The van der Waals surface area contributed by atoms with E-state index in [0.717, 1.165) is 24.3 Å². The van der Waals surface area contributed by atoms with E-state index in [1.54, 1.807) is 19.9 Å². The molecule has 0 aromatic heterocycles. The first-order chi connectivity index (χ1) is 18.7. The van der Waals surface area contributed by atoms with Crippen LogP contribution in [0.3, 0.4) is 0 Å². The van der Waals surface area contributed by atoms with Gasteiger partial charge in [-0.25, -0.2) is 22.4 Å². The van der Waals surface area contributed by atoms with Gasteiger partial charge in [0.25, 0.3) is 0 Å². The first kappa shape index (κ1) is 28.1. The Labute approximate surface area is 220 Å². The third-order valence-electron chi connectivity index (χ3n) is 6.27. The molecule has 1 unspecified atom stereocenters. The molecule has 0 saturated heterocycles. The lowest BCUT2D eigenvalue weighted by Gasteiger charge is -2.23. The van der Waals surface area contributed by atoms with Crippen LogP contribution >= 0.6 is 0 Å². The second kappa shape index (κ2) is 11.8. The Balaban J connectivity index is 1.49. The fraction of sp³-hybridized carbons (Fsp3) is 0.276. The van der Waals surface area contributed by atoms with E-state index in [2.05, 4.69) is 0 Å².